The monoisotopic (exact) mass is 333 g/mol. The fourth-order valence-corrected chi connectivity index (χ4v) is 1.38. The van der Waals surface area contributed by atoms with Gasteiger partial charge in [-0.1, -0.05) is 11.6 Å². The summed E-state index contributed by atoms with van der Waals surface area (Å²) in [6.07, 6.45) is -3.06. The molecule has 1 N–H and O–H groups in total. The Bertz CT molecular complexity index is 378. The highest BCUT2D eigenvalue weighted by atomic mass is 79.9. The Hall–Kier alpha value is -0.600. The van der Waals surface area contributed by atoms with Gasteiger partial charge in [0.1, 0.15) is 23.9 Å². The lowest BCUT2D eigenvalue weighted by molar-refractivity contribution is -0.172. The van der Waals surface area contributed by atoms with Crippen LogP contribution in [0.1, 0.15) is 0 Å². The van der Waals surface area contributed by atoms with Gasteiger partial charge in [-0.3, -0.25) is 0 Å². The van der Waals surface area contributed by atoms with Crippen molar-refractivity contribution < 1.29 is 17.9 Å². The zero-order chi connectivity index (χ0) is 12.9. The Morgan fingerprint density at radius 1 is 1.41 bits per heavy atom. The first-order valence-corrected chi connectivity index (χ1v) is 5.61. The van der Waals surface area contributed by atoms with Crippen LogP contribution < -0.4 is 5.32 Å². The number of ether oxygens (including phenoxy) is 1. The van der Waals surface area contributed by atoms with Crippen LogP contribution in [0.5, 0.6) is 0 Å². The summed E-state index contributed by atoms with van der Waals surface area (Å²) in [4.78, 5) is 7.56. The van der Waals surface area contributed by atoms with Crippen LogP contribution in [0.15, 0.2) is 10.8 Å². The van der Waals surface area contributed by atoms with E-state index in [1.165, 1.54) is 6.33 Å². The molecule has 96 valence electrons. The van der Waals surface area contributed by atoms with Crippen LogP contribution >= 0.6 is 27.5 Å². The summed E-state index contributed by atoms with van der Waals surface area (Å²) in [6.45, 7) is -1.17. The van der Waals surface area contributed by atoms with Crippen molar-refractivity contribution in [2.45, 2.75) is 6.18 Å². The minimum Gasteiger partial charge on any atom is -0.370 e. The third-order valence-electron chi connectivity index (χ3n) is 1.55. The molecule has 0 amide bonds. The molecule has 0 unspecified atom stereocenters. The molecule has 0 fully saturated rings. The van der Waals surface area contributed by atoms with Crippen LogP contribution in [0.3, 0.4) is 0 Å². The zero-order valence-electron chi connectivity index (χ0n) is 8.39. The van der Waals surface area contributed by atoms with Crippen molar-refractivity contribution in [2.75, 3.05) is 25.1 Å². The van der Waals surface area contributed by atoms with Gasteiger partial charge >= 0.3 is 6.18 Å². The number of nitrogens with zero attached hydrogens (tertiary/aromatic N) is 2. The fraction of sp³-hybridized carbons (Fsp3) is 0.500. The van der Waals surface area contributed by atoms with Gasteiger partial charge < -0.3 is 10.1 Å². The van der Waals surface area contributed by atoms with Gasteiger partial charge in [0.2, 0.25) is 0 Å². The van der Waals surface area contributed by atoms with Crippen molar-refractivity contribution in [3.05, 3.63) is 16.0 Å². The van der Waals surface area contributed by atoms with E-state index in [-0.39, 0.29) is 18.3 Å². The molecule has 0 aliphatic heterocycles. The first kappa shape index (κ1) is 14.5. The lowest BCUT2D eigenvalue weighted by Gasteiger charge is -2.09. The second-order valence-electron chi connectivity index (χ2n) is 2.92. The van der Waals surface area contributed by atoms with E-state index >= 15 is 0 Å². The van der Waals surface area contributed by atoms with E-state index in [2.05, 4.69) is 36.0 Å². The van der Waals surface area contributed by atoms with Crippen molar-refractivity contribution in [3.8, 4) is 0 Å². The van der Waals surface area contributed by atoms with E-state index in [0.717, 1.165) is 0 Å². The second-order valence-corrected chi connectivity index (χ2v) is 4.07. The standard InChI is InChI=1S/C8H8BrClF3N3O/c9-5-6(10)15-4-16-7(5)14-1-2-17-3-8(11,12)13/h4H,1-3H2,(H,14,15,16). The maximum atomic E-state index is 11.7. The summed E-state index contributed by atoms with van der Waals surface area (Å²) in [6, 6.07) is 0. The summed E-state index contributed by atoms with van der Waals surface area (Å²) in [5.41, 5.74) is 0. The summed E-state index contributed by atoms with van der Waals surface area (Å²) in [7, 11) is 0. The Kier molecular flexibility index (Phi) is 5.41. The molecular formula is C8H8BrClF3N3O. The number of anilines is 1. The van der Waals surface area contributed by atoms with Gasteiger partial charge in [0.05, 0.1) is 11.1 Å². The average Bonchev–Trinajstić information content (AvgIpc) is 2.22. The molecule has 0 bridgehead atoms. The number of alkyl halides is 3. The Labute approximate surface area is 109 Å². The molecule has 1 aromatic heterocycles. The smallest absolute Gasteiger partial charge is 0.370 e. The molecule has 1 heterocycles. The maximum Gasteiger partial charge on any atom is 0.411 e. The summed E-state index contributed by atoms with van der Waals surface area (Å²) in [5.74, 6) is 0.403. The van der Waals surface area contributed by atoms with E-state index in [0.29, 0.717) is 10.3 Å². The van der Waals surface area contributed by atoms with Gasteiger partial charge in [-0.15, -0.1) is 0 Å². The molecule has 0 radical (unpaired) electrons. The molecule has 1 aromatic rings. The highest BCUT2D eigenvalue weighted by Crippen LogP contribution is 2.25. The van der Waals surface area contributed by atoms with Gasteiger partial charge in [-0.25, -0.2) is 9.97 Å². The van der Waals surface area contributed by atoms with Crippen LogP contribution in [0, 0.1) is 0 Å². The number of nitrogens with one attached hydrogen (secondary N) is 1. The predicted octanol–water partition coefficient (Wildman–Crippen LogP) is 2.88. The molecule has 17 heavy (non-hydrogen) atoms. The SMILES string of the molecule is FC(F)(F)COCCNc1ncnc(Cl)c1Br. The lowest BCUT2D eigenvalue weighted by Crippen LogP contribution is -2.20. The van der Waals surface area contributed by atoms with Crippen LogP contribution in [0.25, 0.3) is 0 Å². The van der Waals surface area contributed by atoms with Crippen molar-refractivity contribution >= 4 is 33.3 Å². The number of halogens is 5. The first-order valence-electron chi connectivity index (χ1n) is 4.44. The van der Waals surface area contributed by atoms with Gasteiger partial charge in [-0.05, 0) is 15.9 Å². The number of aromatic nitrogens is 2. The molecule has 9 heteroatoms. The van der Waals surface area contributed by atoms with Crippen molar-refractivity contribution in [1.82, 2.24) is 9.97 Å². The third kappa shape index (κ3) is 5.51. The van der Waals surface area contributed by atoms with E-state index in [1.807, 2.05) is 0 Å². The molecular weight excluding hydrogens is 326 g/mol. The van der Waals surface area contributed by atoms with Gasteiger partial charge in [0.25, 0.3) is 0 Å². The molecule has 0 aliphatic carbocycles. The van der Waals surface area contributed by atoms with Gasteiger partial charge in [-0.2, -0.15) is 13.2 Å². The number of hydrogen-bond donors (Lipinski definition) is 1. The number of rotatable bonds is 5. The van der Waals surface area contributed by atoms with E-state index in [9.17, 15) is 13.2 Å². The van der Waals surface area contributed by atoms with Gasteiger partial charge in [0.15, 0.2) is 0 Å². The lowest BCUT2D eigenvalue weighted by atomic mass is 10.5. The van der Waals surface area contributed by atoms with Crippen LogP contribution in [-0.2, 0) is 4.74 Å². The Morgan fingerprint density at radius 2 is 2.12 bits per heavy atom. The van der Waals surface area contributed by atoms with E-state index < -0.39 is 12.8 Å². The molecule has 0 saturated heterocycles. The van der Waals surface area contributed by atoms with E-state index in [4.69, 9.17) is 11.6 Å². The third-order valence-corrected chi connectivity index (χ3v) is 2.82. The molecule has 0 saturated carbocycles. The highest BCUT2D eigenvalue weighted by Gasteiger charge is 2.27. The topological polar surface area (TPSA) is 47.0 Å². The van der Waals surface area contributed by atoms with E-state index in [1.54, 1.807) is 0 Å². The zero-order valence-corrected chi connectivity index (χ0v) is 10.7. The molecule has 0 aromatic carbocycles. The first-order chi connectivity index (χ1) is 7.90. The van der Waals surface area contributed by atoms with Crippen molar-refractivity contribution in [3.63, 3.8) is 0 Å². The molecule has 1 rings (SSSR count). The average molecular weight is 335 g/mol. The molecule has 0 atom stereocenters. The maximum absolute atomic E-state index is 11.7. The summed E-state index contributed by atoms with van der Waals surface area (Å²) >= 11 is 8.84. The molecule has 4 nitrogen and oxygen atoms in total. The normalized spacial score (nSPS) is 11.6. The van der Waals surface area contributed by atoms with Crippen LogP contribution in [-0.4, -0.2) is 35.9 Å². The minimum atomic E-state index is -4.31. The Balaban J connectivity index is 2.29. The van der Waals surface area contributed by atoms with Crippen LogP contribution in [0.2, 0.25) is 5.15 Å². The summed E-state index contributed by atoms with van der Waals surface area (Å²) in [5, 5.41) is 2.99. The molecule has 0 spiro atoms. The quantitative estimate of drug-likeness (QED) is 0.664. The number of hydrogen-bond acceptors (Lipinski definition) is 4. The second kappa shape index (κ2) is 6.36. The Morgan fingerprint density at radius 3 is 2.76 bits per heavy atom. The largest absolute Gasteiger partial charge is 0.411 e. The van der Waals surface area contributed by atoms with Crippen molar-refractivity contribution in [1.29, 1.82) is 0 Å². The van der Waals surface area contributed by atoms with Crippen LogP contribution in [0.4, 0.5) is 19.0 Å². The molecule has 0 aliphatic rings. The van der Waals surface area contributed by atoms with Gasteiger partial charge in [0, 0.05) is 6.54 Å². The fourth-order valence-electron chi connectivity index (χ4n) is 0.901. The predicted molar refractivity (Wildman–Crippen MR) is 60.1 cm³/mol. The van der Waals surface area contributed by atoms with Crippen molar-refractivity contribution in [2.24, 2.45) is 0 Å². The summed E-state index contributed by atoms with van der Waals surface area (Å²) < 4.78 is 40.1. The minimum absolute atomic E-state index is 0.0897. The highest BCUT2D eigenvalue weighted by molar-refractivity contribution is 9.10.